The Morgan fingerprint density at radius 1 is 1.39 bits per heavy atom. The summed E-state index contributed by atoms with van der Waals surface area (Å²) in [5.41, 5.74) is 5.38. The van der Waals surface area contributed by atoms with Crippen molar-refractivity contribution in [3.63, 3.8) is 0 Å². The number of nitrogens with two attached hydrogens (primary N) is 1. The number of rotatable bonds is 7. The van der Waals surface area contributed by atoms with E-state index >= 15 is 0 Å². The molecule has 0 aromatic rings. The van der Waals surface area contributed by atoms with E-state index in [1.165, 1.54) is 11.8 Å². The maximum absolute atomic E-state index is 12.2. The molecule has 0 aromatic carbocycles. The zero-order chi connectivity index (χ0) is 14.5. The predicted molar refractivity (Wildman–Crippen MR) is 75.7 cm³/mol. The molecule has 0 heterocycles. The van der Waals surface area contributed by atoms with Gasteiger partial charge in [-0.1, -0.05) is 19.1 Å². The summed E-state index contributed by atoms with van der Waals surface area (Å²) in [6, 6.07) is 0. The Bertz CT molecular complexity index is 407. The first kappa shape index (κ1) is 17.3. The van der Waals surface area contributed by atoms with Crippen molar-refractivity contribution in [3.05, 3.63) is 0 Å². The Morgan fingerprint density at radius 3 is 2.22 bits per heavy atom. The van der Waals surface area contributed by atoms with E-state index in [2.05, 4.69) is 0 Å². The third-order valence-corrected chi connectivity index (χ3v) is 5.17. The summed E-state index contributed by atoms with van der Waals surface area (Å²) < 4.78 is 25.6. The summed E-state index contributed by atoms with van der Waals surface area (Å²) in [5, 5.41) is -0.964. The van der Waals surface area contributed by atoms with Gasteiger partial charge in [-0.3, -0.25) is 4.79 Å². The largest absolute Gasteiger partial charge is 0.392 e. The van der Waals surface area contributed by atoms with Crippen LogP contribution in [0.4, 0.5) is 0 Å². The normalized spacial score (nSPS) is 13.4. The molecule has 0 fully saturated rings. The second kappa shape index (κ2) is 7.01. The number of nitrogens with zero attached hydrogens (tertiary/aromatic N) is 2. The number of hydrogen-bond acceptors (Lipinski definition) is 4. The molecule has 18 heavy (non-hydrogen) atoms. The van der Waals surface area contributed by atoms with Crippen LogP contribution in [0.25, 0.3) is 0 Å². The Balaban J connectivity index is 5.11. The van der Waals surface area contributed by atoms with Crippen molar-refractivity contribution < 1.29 is 13.2 Å². The zero-order valence-corrected chi connectivity index (χ0v) is 12.8. The molecule has 0 aliphatic carbocycles. The van der Waals surface area contributed by atoms with Crippen LogP contribution in [0, 0.1) is 0 Å². The number of likely N-dealkylation sites (N-methyl/N-ethyl adjacent to an activating group) is 1. The minimum atomic E-state index is -3.67. The van der Waals surface area contributed by atoms with E-state index in [9.17, 15) is 13.2 Å². The molecular weight excluding hydrogens is 274 g/mol. The van der Waals surface area contributed by atoms with E-state index in [-0.39, 0.29) is 24.0 Å². The summed E-state index contributed by atoms with van der Waals surface area (Å²) >= 11 is 4.71. The molecule has 0 bridgehead atoms. The van der Waals surface area contributed by atoms with Gasteiger partial charge < -0.3 is 10.6 Å². The summed E-state index contributed by atoms with van der Waals surface area (Å²) in [6.45, 7) is 3.36. The van der Waals surface area contributed by atoms with Gasteiger partial charge >= 0.3 is 0 Å². The second-order valence-electron chi connectivity index (χ2n) is 4.21. The van der Waals surface area contributed by atoms with E-state index in [0.717, 1.165) is 4.31 Å². The molecule has 0 radical (unpaired) electrons. The van der Waals surface area contributed by atoms with Crippen molar-refractivity contribution in [2.75, 3.05) is 27.2 Å². The third kappa shape index (κ3) is 4.51. The number of thiocarbonyl (C=S) groups is 1. The van der Waals surface area contributed by atoms with Gasteiger partial charge in [-0.05, 0) is 13.3 Å². The van der Waals surface area contributed by atoms with Crippen molar-refractivity contribution in [3.8, 4) is 0 Å². The van der Waals surface area contributed by atoms with Crippen molar-refractivity contribution in [2.24, 2.45) is 5.73 Å². The Kier molecular flexibility index (Phi) is 6.72. The first-order chi connectivity index (χ1) is 8.14. The van der Waals surface area contributed by atoms with E-state index in [1.807, 2.05) is 6.92 Å². The van der Waals surface area contributed by atoms with Gasteiger partial charge in [-0.25, -0.2) is 8.42 Å². The van der Waals surface area contributed by atoms with Gasteiger partial charge in [0.2, 0.25) is 15.9 Å². The fourth-order valence-electron chi connectivity index (χ4n) is 1.21. The lowest BCUT2D eigenvalue weighted by atomic mass is 10.4. The van der Waals surface area contributed by atoms with Crippen LogP contribution in [-0.4, -0.2) is 61.0 Å². The van der Waals surface area contributed by atoms with Gasteiger partial charge in [0.15, 0.2) is 0 Å². The van der Waals surface area contributed by atoms with Crippen molar-refractivity contribution >= 4 is 33.1 Å². The highest BCUT2D eigenvalue weighted by atomic mass is 32.2. The van der Waals surface area contributed by atoms with Crippen LogP contribution in [0.1, 0.15) is 20.3 Å². The fourth-order valence-corrected chi connectivity index (χ4v) is 3.04. The molecular formula is C10H21N3O3S2. The van der Waals surface area contributed by atoms with Gasteiger partial charge in [-0.2, -0.15) is 4.31 Å². The standard InChI is InChI=1S/C10H21N3O3S2/c1-5-6-13(7-9(14)12(3)4)18(15,16)8(2)10(11)17/h8H,5-7H2,1-4H3,(H2,11,17). The molecule has 0 saturated carbocycles. The second-order valence-corrected chi connectivity index (χ2v) is 6.94. The highest BCUT2D eigenvalue weighted by Crippen LogP contribution is 2.10. The fraction of sp³-hybridized carbons (Fsp3) is 0.800. The van der Waals surface area contributed by atoms with Crippen molar-refractivity contribution in [1.82, 2.24) is 9.21 Å². The third-order valence-electron chi connectivity index (χ3n) is 2.49. The molecule has 2 N–H and O–H groups in total. The summed E-state index contributed by atoms with van der Waals surface area (Å²) in [6.07, 6.45) is 0.615. The SMILES string of the molecule is CCCN(CC(=O)N(C)C)S(=O)(=O)C(C)C(N)=S. The van der Waals surface area contributed by atoms with Crippen LogP contribution in [0.15, 0.2) is 0 Å². The first-order valence-corrected chi connectivity index (χ1v) is 7.54. The number of amides is 1. The monoisotopic (exact) mass is 295 g/mol. The van der Waals surface area contributed by atoms with Crippen LogP contribution in [-0.2, 0) is 14.8 Å². The minimum absolute atomic E-state index is 0.0894. The van der Waals surface area contributed by atoms with Crippen LogP contribution < -0.4 is 5.73 Å². The predicted octanol–water partition coefficient (Wildman–Crippen LogP) is -0.209. The minimum Gasteiger partial charge on any atom is -0.392 e. The Hall–Kier alpha value is -0.730. The molecule has 1 amide bonds. The summed E-state index contributed by atoms with van der Waals surface area (Å²) in [4.78, 5) is 12.9. The molecule has 1 unspecified atom stereocenters. The molecule has 106 valence electrons. The average molecular weight is 295 g/mol. The van der Waals surface area contributed by atoms with Crippen LogP contribution in [0.5, 0.6) is 0 Å². The lowest BCUT2D eigenvalue weighted by molar-refractivity contribution is -0.128. The van der Waals surface area contributed by atoms with E-state index in [1.54, 1.807) is 14.1 Å². The van der Waals surface area contributed by atoms with Crippen LogP contribution in [0.2, 0.25) is 0 Å². The molecule has 0 rings (SSSR count). The van der Waals surface area contributed by atoms with Gasteiger partial charge in [0.05, 0.1) is 11.5 Å². The van der Waals surface area contributed by atoms with Crippen LogP contribution >= 0.6 is 12.2 Å². The first-order valence-electron chi connectivity index (χ1n) is 5.63. The van der Waals surface area contributed by atoms with E-state index in [0.29, 0.717) is 6.42 Å². The van der Waals surface area contributed by atoms with Gasteiger partial charge in [0.1, 0.15) is 5.25 Å². The van der Waals surface area contributed by atoms with Gasteiger partial charge in [0, 0.05) is 20.6 Å². The van der Waals surface area contributed by atoms with Gasteiger partial charge in [0.25, 0.3) is 0 Å². The maximum atomic E-state index is 12.2. The number of sulfonamides is 1. The highest BCUT2D eigenvalue weighted by Gasteiger charge is 2.31. The molecule has 0 saturated heterocycles. The molecule has 0 spiro atoms. The molecule has 8 heteroatoms. The molecule has 0 aromatic heterocycles. The average Bonchev–Trinajstić information content (AvgIpc) is 2.26. The number of hydrogen-bond donors (Lipinski definition) is 1. The topological polar surface area (TPSA) is 83.7 Å². The van der Waals surface area contributed by atoms with Crippen molar-refractivity contribution in [2.45, 2.75) is 25.5 Å². The zero-order valence-electron chi connectivity index (χ0n) is 11.2. The van der Waals surface area contributed by atoms with E-state index in [4.69, 9.17) is 18.0 Å². The summed E-state index contributed by atoms with van der Waals surface area (Å²) in [5.74, 6) is -0.276. The van der Waals surface area contributed by atoms with Gasteiger partial charge in [-0.15, -0.1) is 0 Å². The summed E-state index contributed by atoms with van der Waals surface area (Å²) in [7, 11) is -0.513. The molecule has 1 atom stereocenters. The lowest BCUT2D eigenvalue weighted by Gasteiger charge is -2.25. The number of carbonyl (C=O) groups excluding carboxylic acids is 1. The Labute approximate surface area is 114 Å². The molecule has 0 aliphatic rings. The smallest absolute Gasteiger partial charge is 0.237 e. The number of carbonyl (C=O) groups is 1. The quantitative estimate of drug-likeness (QED) is 0.657. The maximum Gasteiger partial charge on any atom is 0.237 e. The molecule has 0 aliphatic heterocycles. The Morgan fingerprint density at radius 2 is 1.89 bits per heavy atom. The lowest BCUT2D eigenvalue weighted by Crippen LogP contribution is -2.47. The van der Waals surface area contributed by atoms with E-state index < -0.39 is 15.3 Å². The van der Waals surface area contributed by atoms with Crippen LogP contribution in [0.3, 0.4) is 0 Å². The highest BCUT2D eigenvalue weighted by molar-refractivity contribution is 7.92. The molecule has 6 nitrogen and oxygen atoms in total. The van der Waals surface area contributed by atoms with Crippen molar-refractivity contribution in [1.29, 1.82) is 0 Å².